The van der Waals surface area contributed by atoms with Gasteiger partial charge in [-0.2, -0.15) is 0 Å². The molecule has 2 heteroatoms. The molecule has 19 heavy (non-hydrogen) atoms. The van der Waals surface area contributed by atoms with E-state index in [0.717, 1.165) is 25.6 Å². The standard InChI is InChI=1S/C17H23ClO/c18-17(9-6-13-4-2-1-3-5-13)14-7-8-15-11-19-12-16(15)10-14/h7-8,10,13,17H,1-6,9,11-12H2. The largest absolute Gasteiger partial charge is 0.372 e. The fourth-order valence-corrected chi connectivity index (χ4v) is 3.67. The Morgan fingerprint density at radius 3 is 2.74 bits per heavy atom. The molecule has 0 N–H and O–H groups in total. The van der Waals surface area contributed by atoms with E-state index in [4.69, 9.17) is 16.3 Å². The number of ether oxygens (including phenoxy) is 1. The first kappa shape index (κ1) is 13.5. The smallest absolute Gasteiger partial charge is 0.0725 e. The molecule has 1 fully saturated rings. The molecule has 0 spiro atoms. The second-order valence-corrected chi connectivity index (χ2v) is 6.60. The lowest BCUT2D eigenvalue weighted by Crippen LogP contribution is -2.07. The molecule has 1 atom stereocenters. The Bertz CT molecular complexity index is 423. The van der Waals surface area contributed by atoms with Gasteiger partial charge in [0.05, 0.1) is 18.6 Å². The SMILES string of the molecule is ClC(CCC1CCCCC1)c1ccc2c(c1)COC2. The Morgan fingerprint density at radius 1 is 1.11 bits per heavy atom. The molecular formula is C17H23ClO. The number of benzene rings is 1. The van der Waals surface area contributed by atoms with Crippen molar-refractivity contribution in [3.63, 3.8) is 0 Å². The monoisotopic (exact) mass is 278 g/mol. The Balaban J connectivity index is 1.56. The molecule has 3 rings (SSSR count). The summed E-state index contributed by atoms with van der Waals surface area (Å²) in [6.07, 6.45) is 9.53. The van der Waals surface area contributed by atoms with E-state index in [2.05, 4.69) is 18.2 Å². The quantitative estimate of drug-likeness (QED) is 0.674. The van der Waals surface area contributed by atoms with Gasteiger partial charge in [0.15, 0.2) is 0 Å². The maximum absolute atomic E-state index is 6.59. The van der Waals surface area contributed by atoms with Crippen molar-refractivity contribution in [2.75, 3.05) is 0 Å². The van der Waals surface area contributed by atoms with Gasteiger partial charge in [0.25, 0.3) is 0 Å². The van der Waals surface area contributed by atoms with E-state index >= 15 is 0 Å². The molecule has 1 aliphatic heterocycles. The van der Waals surface area contributed by atoms with Gasteiger partial charge in [-0.3, -0.25) is 0 Å². The summed E-state index contributed by atoms with van der Waals surface area (Å²) >= 11 is 6.59. The maximum atomic E-state index is 6.59. The average molecular weight is 279 g/mol. The lowest BCUT2D eigenvalue weighted by molar-refractivity contribution is 0.134. The Morgan fingerprint density at radius 2 is 1.89 bits per heavy atom. The third-order valence-corrected chi connectivity index (χ3v) is 5.13. The van der Waals surface area contributed by atoms with Crippen LogP contribution in [0.1, 0.15) is 67.0 Å². The summed E-state index contributed by atoms with van der Waals surface area (Å²) in [5, 5.41) is 0.174. The van der Waals surface area contributed by atoms with Crippen LogP contribution in [0.4, 0.5) is 0 Å². The second kappa shape index (κ2) is 6.28. The summed E-state index contributed by atoms with van der Waals surface area (Å²) in [7, 11) is 0. The van der Waals surface area contributed by atoms with E-state index in [-0.39, 0.29) is 5.38 Å². The highest BCUT2D eigenvalue weighted by Gasteiger charge is 2.18. The van der Waals surface area contributed by atoms with E-state index < -0.39 is 0 Å². The summed E-state index contributed by atoms with van der Waals surface area (Å²) < 4.78 is 5.46. The number of hydrogen-bond acceptors (Lipinski definition) is 1. The molecule has 1 nitrogen and oxygen atoms in total. The minimum atomic E-state index is 0.174. The molecule has 0 radical (unpaired) electrons. The van der Waals surface area contributed by atoms with E-state index in [1.807, 2.05) is 0 Å². The van der Waals surface area contributed by atoms with Gasteiger partial charge >= 0.3 is 0 Å². The van der Waals surface area contributed by atoms with Crippen LogP contribution in [-0.2, 0) is 18.0 Å². The first-order valence-corrected chi connectivity index (χ1v) is 8.10. The van der Waals surface area contributed by atoms with Crippen molar-refractivity contribution < 1.29 is 4.74 Å². The molecule has 104 valence electrons. The van der Waals surface area contributed by atoms with E-state index in [1.165, 1.54) is 55.2 Å². The van der Waals surface area contributed by atoms with Crippen molar-refractivity contribution in [2.24, 2.45) is 5.92 Å². The van der Waals surface area contributed by atoms with Crippen molar-refractivity contribution in [1.29, 1.82) is 0 Å². The second-order valence-electron chi connectivity index (χ2n) is 6.07. The summed E-state index contributed by atoms with van der Waals surface area (Å²) in [6.45, 7) is 1.53. The van der Waals surface area contributed by atoms with Crippen molar-refractivity contribution in [3.8, 4) is 0 Å². The van der Waals surface area contributed by atoms with Crippen LogP contribution >= 0.6 is 11.6 Å². The predicted molar refractivity (Wildman–Crippen MR) is 79.3 cm³/mol. The van der Waals surface area contributed by atoms with Gasteiger partial charge in [0.1, 0.15) is 0 Å². The summed E-state index contributed by atoms with van der Waals surface area (Å²) in [6, 6.07) is 6.63. The maximum Gasteiger partial charge on any atom is 0.0725 e. The Labute approximate surface area is 121 Å². The van der Waals surface area contributed by atoms with Gasteiger partial charge < -0.3 is 4.74 Å². The average Bonchev–Trinajstić information content (AvgIpc) is 2.93. The molecule has 0 saturated heterocycles. The fourth-order valence-electron chi connectivity index (χ4n) is 3.41. The van der Waals surface area contributed by atoms with Crippen LogP contribution in [-0.4, -0.2) is 0 Å². The van der Waals surface area contributed by atoms with E-state index in [1.54, 1.807) is 0 Å². The Kier molecular flexibility index (Phi) is 4.45. The van der Waals surface area contributed by atoms with Crippen LogP contribution in [0.3, 0.4) is 0 Å². The third kappa shape index (κ3) is 3.32. The molecule has 0 bridgehead atoms. The van der Waals surface area contributed by atoms with E-state index in [9.17, 15) is 0 Å². The Hall–Kier alpha value is -0.530. The number of hydrogen-bond donors (Lipinski definition) is 0. The predicted octanol–water partition coefficient (Wildman–Crippen LogP) is 5.36. The zero-order chi connectivity index (χ0) is 13.1. The minimum Gasteiger partial charge on any atom is -0.372 e. The first-order chi connectivity index (χ1) is 9.33. The van der Waals surface area contributed by atoms with Gasteiger partial charge in [0, 0.05) is 0 Å². The lowest BCUT2D eigenvalue weighted by Gasteiger charge is -2.22. The number of fused-ring (bicyclic) bond motifs is 1. The van der Waals surface area contributed by atoms with Crippen molar-refractivity contribution >= 4 is 11.6 Å². The molecular weight excluding hydrogens is 256 g/mol. The fraction of sp³-hybridized carbons (Fsp3) is 0.647. The molecule has 2 aliphatic rings. The molecule has 1 aliphatic carbocycles. The van der Waals surface area contributed by atoms with Crippen LogP contribution in [0.5, 0.6) is 0 Å². The first-order valence-electron chi connectivity index (χ1n) is 7.66. The zero-order valence-corrected chi connectivity index (χ0v) is 12.3. The highest BCUT2D eigenvalue weighted by molar-refractivity contribution is 6.20. The highest BCUT2D eigenvalue weighted by atomic mass is 35.5. The molecule has 1 saturated carbocycles. The van der Waals surface area contributed by atoms with Crippen molar-refractivity contribution in [3.05, 3.63) is 34.9 Å². The van der Waals surface area contributed by atoms with Gasteiger partial charge in [-0.15, -0.1) is 11.6 Å². The van der Waals surface area contributed by atoms with Gasteiger partial charge in [-0.1, -0.05) is 50.3 Å². The number of rotatable bonds is 4. The zero-order valence-electron chi connectivity index (χ0n) is 11.5. The van der Waals surface area contributed by atoms with Crippen molar-refractivity contribution in [2.45, 2.75) is 63.5 Å². The van der Waals surface area contributed by atoms with Crippen LogP contribution in [0.2, 0.25) is 0 Å². The normalized spacial score (nSPS) is 21.3. The summed E-state index contributed by atoms with van der Waals surface area (Å²) in [5.74, 6) is 0.924. The number of alkyl halides is 1. The molecule has 0 aromatic heterocycles. The molecule has 1 aromatic rings. The minimum absolute atomic E-state index is 0.174. The summed E-state index contributed by atoms with van der Waals surface area (Å²) in [4.78, 5) is 0. The molecule has 1 unspecified atom stereocenters. The van der Waals surface area contributed by atoms with Crippen LogP contribution < -0.4 is 0 Å². The van der Waals surface area contributed by atoms with Crippen molar-refractivity contribution in [1.82, 2.24) is 0 Å². The summed E-state index contributed by atoms with van der Waals surface area (Å²) in [5.41, 5.74) is 3.95. The van der Waals surface area contributed by atoms with Crippen LogP contribution in [0, 0.1) is 5.92 Å². The van der Waals surface area contributed by atoms with Crippen LogP contribution in [0.25, 0.3) is 0 Å². The van der Waals surface area contributed by atoms with Gasteiger partial charge in [-0.25, -0.2) is 0 Å². The molecule has 1 heterocycles. The highest BCUT2D eigenvalue weighted by Crippen LogP contribution is 2.34. The lowest BCUT2D eigenvalue weighted by atomic mass is 9.85. The number of halogens is 1. The van der Waals surface area contributed by atoms with Gasteiger partial charge in [0.2, 0.25) is 0 Å². The van der Waals surface area contributed by atoms with Crippen LogP contribution in [0.15, 0.2) is 18.2 Å². The third-order valence-electron chi connectivity index (χ3n) is 4.66. The van der Waals surface area contributed by atoms with Gasteiger partial charge in [-0.05, 0) is 35.4 Å². The molecule has 0 amide bonds. The molecule has 1 aromatic carbocycles. The topological polar surface area (TPSA) is 9.23 Å². The van der Waals surface area contributed by atoms with E-state index in [0.29, 0.717) is 0 Å².